The average Bonchev–Trinajstić information content (AvgIpc) is 3.04. The van der Waals surface area contributed by atoms with Gasteiger partial charge in [0.25, 0.3) is 5.56 Å². The smallest absolute Gasteiger partial charge is 0.275 e. The van der Waals surface area contributed by atoms with Crippen LogP contribution in [-0.4, -0.2) is 22.2 Å². The fourth-order valence-electron chi connectivity index (χ4n) is 2.33. The molecule has 2 heterocycles. The highest BCUT2D eigenvalue weighted by Gasteiger charge is 2.14. The van der Waals surface area contributed by atoms with Gasteiger partial charge in [-0.05, 0) is 24.4 Å². The molecule has 3 aromatic rings. The van der Waals surface area contributed by atoms with Crippen LogP contribution >= 0.6 is 11.3 Å². The van der Waals surface area contributed by atoms with E-state index in [2.05, 4.69) is 10.4 Å². The van der Waals surface area contributed by atoms with Gasteiger partial charge in [-0.3, -0.25) is 9.59 Å². The average molecular weight is 313 g/mol. The molecule has 2 aromatic heterocycles. The predicted octanol–water partition coefficient (Wildman–Crippen LogP) is 2.26. The minimum Gasteiger partial charge on any atom is -0.355 e. The van der Waals surface area contributed by atoms with Gasteiger partial charge in [0, 0.05) is 11.9 Å². The van der Waals surface area contributed by atoms with E-state index in [0.29, 0.717) is 11.9 Å². The quantitative estimate of drug-likeness (QED) is 0.803. The zero-order chi connectivity index (χ0) is 15.5. The Hall–Kier alpha value is -2.47. The lowest BCUT2D eigenvalue weighted by Gasteiger charge is -2.10. The first-order valence-corrected chi connectivity index (χ1v) is 7.89. The largest absolute Gasteiger partial charge is 0.355 e. The second-order valence-electron chi connectivity index (χ2n) is 4.79. The number of thiophene rings is 1. The summed E-state index contributed by atoms with van der Waals surface area (Å²) in [5, 5.41) is 10.5. The number of fused-ring (bicyclic) bond motifs is 1. The SMILES string of the molecule is CCNC(=O)Cn1nc(-c2cccs2)c2ccccc2c1=O. The van der Waals surface area contributed by atoms with Crippen LogP contribution in [0.25, 0.3) is 21.3 Å². The van der Waals surface area contributed by atoms with E-state index in [4.69, 9.17) is 0 Å². The van der Waals surface area contributed by atoms with Crippen LogP contribution in [-0.2, 0) is 11.3 Å². The molecule has 0 spiro atoms. The lowest BCUT2D eigenvalue weighted by Crippen LogP contribution is -2.33. The molecule has 0 fully saturated rings. The number of carbonyl (C=O) groups is 1. The molecule has 1 N–H and O–H groups in total. The van der Waals surface area contributed by atoms with E-state index < -0.39 is 0 Å². The third-order valence-corrected chi connectivity index (χ3v) is 4.17. The Labute approximate surface area is 131 Å². The molecule has 1 aromatic carbocycles. The summed E-state index contributed by atoms with van der Waals surface area (Å²) in [6, 6.07) is 11.3. The fraction of sp³-hybridized carbons (Fsp3) is 0.188. The lowest BCUT2D eigenvalue weighted by atomic mass is 10.1. The van der Waals surface area contributed by atoms with Crippen molar-refractivity contribution in [1.82, 2.24) is 15.1 Å². The predicted molar refractivity (Wildman–Crippen MR) is 88.0 cm³/mol. The van der Waals surface area contributed by atoms with Gasteiger partial charge in [0.1, 0.15) is 12.2 Å². The first-order valence-electron chi connectivity index (χ1n) is 7.01. The molecule has 112 valence electrons. The molecule has 0 saturated heterocycles. The standard InChI is InChI=1S/C16H15N3O2S/c1-2-17-14(20)10-19-16(21)12-7-4-3-6-11(12)15(18-19)13-8-5-9-22-13/h3-9H,2,10H2,1H3,(H,17,20). The molecular weight excluding hydrogens is 298 g/mol. The second-order valence-corrected chi connectivity index (χ2v) is 5.74. The Morgan fingerprint density at radius 1 is 1.23 bits per heavy atom. The number of hydrogen-bond donors (Lipinski definition) is 1. The number of likely N-dealkylation sites (N-methyl/N-ethyl adjacent to an activating group) is 1. The number of nitrogens with one attached hydrogen (secondary N) is 1. The van der Waals surface area contributed by atoms with Crippen molar-refractivity contribution in [2.45, 2.75) is 13.5 Å². The first-order chi connectivity index (χ1) is 10.7. The number of amides is 1. The van der Waals surface area contributed by atoms with Crippen LogP contribution in [0.15, 0.2) is 46.6 Å². The molecule has 0 aliphatic rings. The maximum absolute atomic E-state index is 12.5. The van der Waals surface area contributed by atoms with Crippen LogP contribution in [0.4, 0.5) is 0 Å². The molecule has 0 atom stereocenters. The molecule has 5 nitrogen and oxygen atoms in total. The Bertz CT molecular complexity index is 869. The minimum absolute atomic E-state index is 0.0735. The van der Waals surface area contributed by atoms with E-state index >= 15 is 0 Å². The number of nitrogens with zero attached hydrogens (tertiary/aromatic N) is 2. The van der Waals surface area contributed by atoms with Crippen LogP contribution < -0.4 is 10.9 Å². The number of benzene rings is 1. The summed E-state index contributed by atoms with van der Waals surface area (Å²) < 4.78 is 1.24. The summed E-state index contributed by atoms with van der Waals surface area (Å²) >= 11 is 1.56. The summed E-state index contributed by atoms with van der Waals surface area (Å²) in [4.78, 5) is 25.3. The minimum atomic E-state index is -0.248. The highest BCUT2D eigenvalue weighted by Crippen LogP contribution is 2.28. The van der Waals surface area contributed by atoms with Crippen LogP contribution in [0.2, 0.25) is 0 Å². The number of carbonyl (C=O) groups excluding carboxylic acids is 1. The normalized spacial score (nSPS) is 10.8. The third kappa shape index (κ3) is 2.65. The maximum Gasteiger partial charge on any atom is 0.275 e. The number of hydrogen-bond acceptors (Lipinski definition) is 4. The molecule has 0 aliphatic heterocycles. The Morgan fingerprint density at radius 2 is 2.00 bits per heavy atom. The summed E-state index contributed by atoms with van der Waals surface area (Å²) in [5.74, 6) is -0.218. The maximum atomic E-state index is 12.5. The van der Waals surface area contributed by atoms with E-state index in [1.165, 1.54) is 4.68 Å². The van der Waals surface area contributed by atoms with Crippen molar-refractivity contribution >= 4 is 28.0 Å². The Kier molecular flexibility index (Phi) is 4.02. The van der Waals surface area contributed by atoms with Crippen LogP contribution in [0.3, 0.4) is 0 Å². The van der Waals surface area contributed by atoms with E-state index in [1.807, 2.05) is 42.6 Å². The van der Waals surface area contributed by atoms with Crippen molar-refractivity contribution in [3.63, 3.8) is 0 Å². The van der Waals surface area contributed by atoms with Crippen molar-refractivity contribution in [2.75, 3.05) is 6.54 Å². The summed E-state index contributed by atoms with van der Waals surface area (Å²) in [7, 11) is 0. The zero-order valence-electron chi connectivity index (χ0n) is 12.1. The van der Waals surface area contributed by atoms with Crippen molar-refractivity contribution in [2.24, 2.45) is 0 Å². The van der Waals surface area contributed by atoms with Crippen LogP contribution in [0, 0.1) is 0 Å². The molecule has 6 heteroatoms. The first kappa shape index (κ1) is 14.5. The Morgan fingerprint density at radius 3 is 2.68 bits per heavy atom. The molecule has 3 rings (SSSR count). The summed E-state index contributed by atoms with van der Waals surface area (Å²) in [6.45, 7) is 2.29. The van der Waals surface area contributed by atoms with Gasteiger partial charge in [-0.15, -0.1) is 11.3 Å². The third-order valence-electron chi connectivity index (χ3n) is 3.29. The number of rotatable bonds is 4. The fourth-order valence-corrected chi connectivity index (χ4v) is 3.05. The van der Waals surface area contributed by atoms with Crippen molar-refractivity contribution in [3.05, 3.63) is 52.1 Å². The monoisotopic (exact) mass is 313 g/mol. The van der Waals surface area contributed by atoms with E-state index in [1.54, 1.807) is 17.4 Å². The van der Waals surface area contributed by atoms with Gasteiger partial charge in [0.15, 0.2) is 0 Å². The molecule has 0 saturated carbocycles. The highest BCUT2D eigenvalue weighted by atomic mass is 32.1. The molecule has 0 unspecified atom stereocenters. The van der Waals surface area contributed by atoms with Gasteiger partial charge in [-0.1, -0.05) is 24.3 Å². The topological polar surface area (TPSA) is 64.0 Å². The molecule has 0 aliphatic carbocycles. The van der Waals surface area contributed by atoms with E-state index in [-0.39, 0.29) is 18.0 Å². The summed E-state index contributed by atoms with van der Waals surface area (Å²) in [5.41, 5.74) is 0.483. The second kappa shape index (κ2) is 6.11. The van der Waals surface area contributed by atoms with Gasteiger partial charge >= 0.3 is 0 Å². The van der Waals surface area contributed by atoms with E-state index in [9.17, 15) is 9.59 Å². The number of aromatic nitrogens is 2. The van der Waals surface area contributed by atoms with Crippen molar-refractivity contribution in [3.8, 4) is 10.6 Å². The van der Waals surface area contributed by atoms with Gasteiger partial charge in [0.2, 0.25) is 5.91 Å². The van der Waals surface area contributed by atoms with Crippen LogP contribution in [0.1, 0.15) is 6.92 Å². The Balaban J connectivity index is 2.20. The highest BCUT2D eigenvalue weighted by molar-refractivity contribution is 7.13. The molecular formula is C16H15N3O2S. The van der Waals surface area contributed by atoms with Gasteiger partial charge in [-0.25, -0.2) is 4.68 Å². The molecule has 0 radical (unpaired) electrons. The van der Waals surface area contributed by atoms with Gasteiger partial charge in [-0.2, -0.15) is 5.10 Å². The van der Waals surface area contributed by atoms with Gasteiger partial charge < -0.3 is 5.32 Å². The summed E-state index contributed by atoms with van der Waals surface area (Å²) in [6.07, 6.45) is 0. The molecule has 22 heavy (non-hydrogen) atoms. The molecule has 0 bridgehead atoms. The van der Waals surface area contributed by atoms with Crippen LogP contribution in [0.5, 0.6) is 0 Å². The van der Waals surface area contributed by atoms with E-state index in [0.717, 1.165) is 16.0 Å². The van der Waals surface area contributed by atoms with Gasteiger partial charge in [0.05, 0.1) is 10.3 Å². The zero-order valence-corrected chi connectivity index (χ0v) is 12.9. The van der Waals surface area contributed by atoms with Crippen molar-refractivity contribution in [1.29, 1.82) is 0 Å². The van der Waals surface area contributed by atoms with Crippen molar-refractivity contribution < 1.29 is 4.79 Å². The lowest BCUT2D eigenvalue weighted by molar-refractivity contribution is -0.121. The molecule has 1 amide bonds.